The number of aryl methyl sites for hydroxylation is 1. The third-order valence-electron chi connectivity index (χ3n) is 3.28. The Hall–Kier alpha value is -2.31. The van der Waals surface area contributed by atoms with Crippen molar-refractivity contribution in [2.75, 3.05) is 19.1 Å². The molecule has 0 saturated carbocycles. The predicted molar refractivity (Wildman–Crippen MR) is 77.5 cm³/mol. The number of benzene rings is 1. The first-order valence-electron chi connectivity index (χ1n) is 6.67. The van der Waals surface area contributed by atoms with Crippen LogP contribution in [0.1, 0.15) is 18.1 Å². The normalized spacial score (nSPS) is 11.4. The van der Waals surface area contributed by atoms with Gasteiger partial charge in [-0.15, -0.1) is 0 Å². The lowest BCUT2D eigenvalue weighted by Crippen LogP contribution is -2.19. The first-order valence-corrected chi connectivity index (χ1v) is 6.67. The van der Waals surface area contributed by atoms with Crippen molar-refractivity contribution in [2.45, 2.75) is 19.5 Å². The Morgan fingerprint density at radius 3 is 2.32 bits per heavy atom. The maximum absolute atomic E-state index is 13.1. The van der Waals surface area contributed by atoms with Gasteiger partial charge in [0.1, 0.15) is 5.56 Å². The van der Waals surface area contributed by atoms with Crippen molar-refractivity contribution in [1.82, 2.24) is 9.97 Å². The molecular weight excluding hydrogens is 295 g/mol. The molecule has 1 aromatic heterocycles. The molecule has 1 heterocycles. The smallest absolute Gasteiger partial charge is 0.421 e. The standard InChI is InChI=1S/C15H16F3N3O/c1-4-10-5-7-11(8-6-10)21(2)13-12(15(16,17)18)9-19-14(20-13)22-3/h5-9H,4H2,1-3H3. The zero-order valence-electron chi connectivity index (χ0n) is 12.5. The number of hydrogen-bond donors (Lipinski definition) is 0. The molecular formula is C15H16F3N3O. The highest BCUT2D eigenvalue weighted by Gasteiger charge is 2.36. The van der Waals surface area contributed by atoms with Crippen LogP contribution in [0.5, 0.6) is 6.01 Å². The summed E-state index contributed by atoms with van der Waals surface area (Å²) >= 11 is 0. The molecule has 4 nitrogen and oxygen atoms in total. The summed E-state index contributed by atoms with van der Waals surface area (Å²) < 4.78 is 44.2. The monoisotopic (exact) mass is 311 g/mol. The molecule has 0 aliphatic rings. The Bertz CT molecular complexity index is 641. The minimum absolute atomic E-state index is 0.111. The second kappa shape index (κ2) is 6.21. The van der Waals surface area contributed by atoms with Gasteiger partial charge in [0.05, 0.1) is 7.11 Å². The van der Waals surface area contributed by atoms with E-state index in [1.807, 2.05) is 19.1 Å². The molecule has 0 fully saturated rings. The molecule has 0 spiro atoms. The molecule has 118 valence electrons. The van der Waals surface area contributed by atoms with Crippen LogP contribution in [0.2, 0.25) is 0 Å². The van der Waals surface area contributed by atoms with E-state index in [1.165, 1.54) is 19.1 Å². The summed E-state index contributed by atoms with van der Waals surface area (Å²) in [5, 5.41) is 0. The molecule has 0 N–H and O–H groups in total. The fourth-order valence-electron chi connectivity index (χ4n) is 1.99. The van der Waals surface area contributed by atoms with Crippen molar-refractivity contribution >= 4 is 11.5 Å². The number of ether oxygens (including phenoxy) is 1. The Morgan fingerprint density at radius 1 is 1.18 bits per heavy atom. The molecule has 0 bridgehead atoms. The molecule has 0 unspecified atom stereocenters. The van der Waals surface area contributed by atoms with Crippen molar-refractivity contribution in [1.29, 1.82) is 0 Å². The van der Waals surface area contributed by atoms with Crippen molar-refractivity contribution in [2.24, 2.45) is 0 Å². The lowest BCUT2D eigenvalue weighted by Gasteiger charge is -2.22. The third-order valence-corrected chi connectivity index (χ3v) is 3.28. The lowest BCUT2D eigenvalue weighted by molar-refractivity contribution is -0.137. The Morgan fingerprint density at radius 2 is 1.82 bits per heavy atom. The molecule has 2 rings (SSSR count). The zero-order valence-corrected chi connectivity index (χ0v) is 12.5. The first-order chi connectivity index (χ1) is 10.4. The molecule has 0 amide bonds. The minimum Gasteiger partial charge on any atom is -0.467 e. The summed E-state index contributed by atoms with van der Waals surface area (Å²) in [5.74, 6) is -0.247. The molecule has 0 radical (unpaired) electrons. The van der Waals surface area contributed by atoms with Crippen LogP contribution in [-0.2, 0) is 12.6 Å². The molecule has 0 aliphatic carbocycles. The van der Waals surface area contributed by atoms with E-state index in [-0.39, 0.29) is 11.8 Å². The van der Waals surface area contributed by atoms with Gasteiger partial charge in [0.2, 0.25) is 0 Å². The molecule has 0 aliphatic heterocycles. The van der Waals surface area contributed by atoms with Crippen LogP contribution in [-0.4, -0.2) is 24.1 Å². The number of rotatable bonds is 4. The molecule has 7 heteroatoms. The summed E-state index contributed by atoms with van der Waals surface area (Å²) in [5.41, 5.74) is 0.798. The number of hydrogen-bond acceptors (Lipinski definition) is 4. The number of halogens is 3. The summed E-state index contributed by atoms with van der Waals surface area (Å²) in [7, 11) is 2.83. The Labute approximate surface area is 126 Å². The minimum atomic E-state index is -4.54. The van der Waals surface area contributed by atoms with E-state index in [0.717, 1.165) is 18.2 Å². The van der Waals surface area contributed by atoms with Crippen LogP contribution < -0.4 is 9.64 Å². The van der Waals surface area contributed by atoms with Gasteiger partial charge in [-0.3, -0.25) is 0 Å². The van der Waals surface area contributed by atoms with Crippen molar-refractivity contribution in [3.05, 3.63) is 41.6 Å². The van der Waals surface area contributed by atoms with E-state index in [4.69, 9.17) is 4.74 Å². The predicted octanol–water partition coefficient (Wildman–Crippen LogP) is 3.83. The van der Waals surface area contributed by atoms with Gasteiger partial charge in [0.25, 0.3) is 0 Å². The van der Waals surface area contributed by atoms with E-state index in [1.54, 1.807) is 12.1 Å². The maximum Gasteiger partial charge on any atom is 0.421 e. The number of nitrogens with zero attached hydrogens (tertiary/aromatic N) is 3. The topological polar surface area (TPSA) is 38.2 Å². The Kier molecular flexibility index (Phi) is 4.54. The summed E-state index contributed by atoms with van der Waals surface area (Å²) in [6.07, 6.45) is -2.95. The lowest BCUT2D eigenvalue weighted by atomic mass is 10.1. The number of alkyl halides is 3. The number of methoxy groups -OCH3 is 1. The second-order valence-corrected chi connectivity index (χ2v) is 4.67. The van der Waals surface area contributed by atoms with Gasteiger partial charge < -0.3 is 9.64 Å². The van der Waals surface area contributed by atoms with Gasteiger partial charge in [-0.05, 0) is 24.1 Å². The largest absolute Gasteiger partial charge is 0.467 e. The SMILES string of the molecule is CCc1ccc(N(C)c2nc(OC)ncc2C(F)(F)F)cc1. The first kappa shape index (κ1) is 16.1. The highest BCUT2D eigenvalue weighted by molar-refractivity contribution is 5.63. The van der Waals surface area contributed by atoms with Crippen molar-refractivity contribution in [3.63, 3.8) is 0 Å². The third kappa shape index (κ3) is 3.29. The van der Waals surface area contributed by atoms with E-state index in [2.05, 4.69) is 9.97 Å². The highest BCUT2D eigenvalue weighted by atomic mass is 19.4. The number of anilines is 2. The highest BCUT2D eigenvalue weighted by Crippen LogP contribution is 2.37. The average Bonchev–Trinajstić information content (AvgIpc) is 2.52. The van der Waals surface area contributed by atoms with Gasteiger partial charge in [-0.1, -0.05) is 19.1 Å². The Balaban J connectivity index is 2.48. The van der Waals surface area contributed by atoms with E-state index in [9.17, 15) is 13.2 Å². The van der Waals surface area contributed by atoms with Gasteiger partial charge in [-0.25, -0.2) is 4.98 Å². The van der Waals surface area contributed by atoms with Crippen LogP contribution in [0.3, 0.4) is 0 Å². The molecule has 0 atom stereocenters. The van der Waals surface area contributed by atoms with Crippen LogP contribution in [0.15, 0.2) is 30.5 Å². The summed E-state index contributed by atoms with van der Waals surface area (Å²) in [4.78, 5) is 8.76. The average molecular weight is 311 g/mol. The fourth-order valence-corrected chi connectivity index (χ4v) is 1.99. The van der Waals surface area contributed by atoms with Crippen LogP contribution >= 0.6 is 0 Å². The van der Waals surface area contributed by atoms with Gasteiger partial charge in [0.15, 0.2) is 5.82 Å². The van der Waals surface area contributed by atoms with Gasteiger partial charge in [-0.2, -0.15) is 18.2 Å². The number of aromatic nitrogens is 2. The van der Waals surface area contributed by atoms with E-state index < -0.39 is 11.7 Å². The quantitative estimate of drug-likeness (QED) is 0.860. The second-order valence-electron chi connectivity index (χ2n) is 4.67. The van der Waals surface area contributed by atoms with E-state index >= 15 is 0 Å². The zero-order chi connectivity index (χ0) is 16.3. The molecule has 1 aromatic carbocycles. The molecule has 0 saturated heterocycles. The summed E-state index contributed by atoms with van der Waals surface area (Å²) in [6, 6.07) is 7.15. The van der Waals surface area contributed by atoms with Crippen molar-refractivity contribution < 1.29 is 17.9 Å². The fraction of sp³-hybridized carbons (Fsp3) is 0.333. The van der Waals surface area contributed by atoms with Crippen molar-refractivity contribution in [3.8, 4) is 6.01 Å². The van der Waals surface area contributed by atoms with Crippen LogP contribution in [0, 0.1) is 0 Å². The van der Waals surface area contributed by atoms with E-state index in [0.29, 0.717) is 5.69 Å². The molecule has 22 heavy (non-hydrogen) atoms. The van der Waals surface area contributed by atoms with Crippen LogP contribution in [0.4, 0.5) is 24.7 Å². The molecule has 2 aromatic rings. The van der Waals surface area contributed by atoms with Crippen LogP contribution in [0.25, 0.3) is 0 Å². The van der Waals surface area contributed by atoms with Gasteiger partial charge in [0, 0.05) is 18.9 Å². The van der Waals surface area contributed by atoms with Gasteiger partial charge >= 0.3 is 12.2 Å². The summed E-state index contributed by atoms with van der Waals surface area (Å²) in [6.45, 7) is 2.01. The maximum atomic E-state index is 13.1.